The summed E-state index contributed by atoms with van der Waals surface area (Å²) in [5, 5.41) is 1.71. The van der Waals surface area contributed by atoms with Gasteiger partial charge in [-0.25, -0.2) is 13.2 Å². The molecule has 0 aliphatic carbocycles. The first kappa shape index (κ1) is 19.3. The van der Waals surface area contributed by atoms with Crippen LogP contribution >= 0.6 is 23.4 Å². The standard InChI is InChI=1S/C13H14ClF3N2O3S2/c1-24(22)9-2-6(4-19(13(9)21)5-10(16)17)18-12(20)8-3-7(15)11(14)23-8/h2,4,7-8,10-11H,3,5H2,1H3,(H,18,20). The molecule has 1 aliphatic heterocycles. The number of carbonyl (C=O) groups is 1. The number of anilines is 1. The van der Waals surface area contributed by atoms with Crippen LogP contribution in [0.1, 0.15) is 6.42 Å². The number of amides is 1. The summed E-state index contributed by atoms with van der Waals surface area (Å²) in [6.45, 7) is -0.888. The van der Waals surface area contributed by atoms with Crippen molar-refractivity contribution in [1.29, 1.82) is 0 Å². The lowest BCUT2D eigenvalue weighted by Gasteiger charge is -2.13. The van der Waals surface area contributed by atoms with Crippen LogP contribution in [0.4, 0.5) is 18.9 Å². The van der Waals surface area contributed by atoms with E-state index in [1.54, 1.807) is 0 Å². The van der Waals surface area contributed by atoms with E-state index in [0.717, 1.165) is 18.0 Å². The van der Waals surface area contributed by atoms with E-state index in [1.165, 1.54) is 12.3 Å². The van der Waals surface area contributed by atoms with Crippen molar-refractivity contribution in [2.24, 2.45) is 0 Å². The van der Waals surface area contributed by atoms with E-state index in [0.29, 0.717) is 4.57 Å². The number of rotatable bonds is 5. The molecule has 2 heterocycles. The van der Waals surface area contributed by atoms with Crippen molar-refractivity contribution in [1.82, 2.24) is 4.57 Å². The summed E-state index contributed by atoms with van der Waals surface area (Å²) in [5.74, 6) is -0.555. The van der Waals surface area contributed by atoms with Gasteiger partial charge in [0.1, 0.15) is 15.8 Å². The quantitative estimate of drug-likeness (QED) is 0.767. The third-order valence-electron chi connectivity index (χ3n) is 3.28. The molecule has 0 aromatic carbocycles. The van der Waals surface area contributed by atoms with E-state index in [4.69, 9.17) is 11.6 Å². The molecule has 5 nitrogen and oxygen atoms in total. The second-order valence-corrected chi connectivity index (χ2v) is 8.54. The normalized spacial score (nSPS) is 25.0. The molecular formula is C13H14ClF3N2O3S2. The van der Waals surface area contributed by atoms with Gasteiger partial charge in [0.15, 0.2) is 0 Å². The van der Waals surface area contributed by atoms with Gasteiger partial charge in [0.05, 0.1) is 28.3 Å². The van der Waals surface area contributed by atoms with E-state index in [1.807, 2.05) is 0 Å². The van der Waals surface area contributed by atoms with E-state index >= 15 is 0 Å². The molecule has 0 bridgehead atoms. The molecule has 11 heteroatoms. The second kappa shape index (κ2) is 7.92. The smallest absolute Gasteiger partial charge is 0.267 e. The van der Waals surface area contributed by atoms with Crippen LogP contribution in [0.2, 0.25) is 0 Å². The van der Waals surface area contributed by atoms with Crippen molar-refractivity contribution in [3.63, 3.8) is 0 Å². The van der Waals surface area contributed by atoms with Crippen LogP contribution in [0.15, 0.2) is 22.0 Å². The molecule has 4 atom stereocenters. The van der Waals surface area contributed by atoms with Crippen molar-refractivity contribution in [2.45, 2.75) is 40.4 Å². The molecule has 134 valence electrons. The van der Waals surface area contributed by atoms with Gasteiger partial charge < -0.3 is 9.88 Å². The average molecular weight is 403 g/mol. The average Bonchev–Trinajstić information content (AvgIpc) is 2.81. The first-order valence-corrected chi connectivity index (χ1v) is 9.73. The number of hydrogen-bond acceptors (Lipinski definition) is 4. The highest BCUT2D eigenvalue weighted by Gasteiger charge is 2.37. The summed E-state index contributed by atoms with van der Waals surface area (Å²) < 4.78 is 50.0. The third kappa shape index (κ3) is 4.54. The largest absolute Gasteiger partial charge is 0.324 e. The maximum absolute atomic E-state index is 13.4. The Morgan fingerprint density at radius 3 is 2.75 bits per heavy atom. The number of thioether (sulfide) groups is 1. The van der Waals surface area contributed by atoms with Gasteiger partial charge in [-0.05, 0) is 6.07 Å². The molecule has 1 aromatic heterocycles. The molecule has 1 aliphatic rings. The maximum Gasteiger partial charge on any atom is 0.267 e. The number of nitrogens with one attached hydrogen (secondary N) is 1. The van der Waals surface area contributed by atoms with Gasteiger partial charge in [0.2, 0.25) is 5.91 Å². The summed E-state index contributed by atoms with van der Waals surface area (Å²) in [6.07, 6.45) is -1.89. The molecule has 0 radical (unpaired) electrons. The number of aromatic nitrogens is 1. The Balaban J connectivity index is 2.26. The van der Waals surface area contributed by atoms with E-state index < -0.39 is 51.4 Å². The molecule has 1 saturated heterocycles. The number of halogens is 4. The predicted octanol–water partition coefficient (Wildman–Crippen LogP) is 2.20. The fraction of sp³-hybridized carbons (Fsp3) is 0.538. The number of alkyl halides is 4. The first-order chi connectivity index (χ1) is 11.2. The fourth-order valence-electron chi connectivity index (χ4n) is 2.17. The lowest BCUT2D eigenvalue weighted by Crippen LogP contribution is -2.29. The van der Waals surface area contributed by atoms with Crippen LogP contribution in [-0.2, 0) is 22.1 Å². The highest BCUT2D eigenvalue weighted by molar-refractivity contribution is 8.02. The first-order valence-electron chi connectivity index (χ1n) is 6.79. The molecule has 1 aromatic rings. The van der Waals surface area contributed by atoms with Gasteiger partial charge in [0.25, 0.3) is 12.0 Å². The highest BCUT2D eigenvalue weighted by Crippen LogP contribution is 2.38. The van der Waals surface area contributed by atoms with Gasteiger partial charge in [-0.2, -0.15) is 0 Å². The van der Waals surface area contributed by atoms with Gasteiger partial charge >= 0.3 is 0 Å². The Labute approximate surface area is 147 Å². The molecular weight excluding hydrogens is 389 g/mol. The van der Waals surface area contributed by atoms with Crippen LogP contribution in [-0.4, -0.2) is 43.5 Å². The van der Waals surface area contributed by atoms with Crippen LogP contribution in [0.3, 0.4) is 0 Å². The van der Waals surface area contributed by atoms with Gasteiger partial charge in [0, 0.05) is 18.9 Å². The monoisotopic (exact) mass is 402 g/mol. The molecule has 0 saturated carbocycles. The number of pyridine rings is 1. The van der Waals surface area contributed by atoms with Gasteiger partial charge in [-0.1, -0.05) is 0 Å². The highest BCUT2D eigenvalue weighted by atomic mass is 35.5. The summed E-state index contributed by atoms with van der Waals surface area (Å²) >= 11 is 6.67. The molecule has 1 amide bonds. The van der Waals surface area contributed by atoms with E-state index in [2.05, 4.69) is 5.32 Å². The summed E-state index contributed by atoms with van der Waals surface area (Å²) in [4.78, 5) is 23.9. The van der Waals surface area contributed by atoms with Crippen LogP contribution in [0.5, 0.6) is 0 Å². The minimum atomic E-state index is -2.79. The number of nitrogens with zero attached hydrogens (tertiary/aromatic N) is 1. The summed E-state index contributed by atoms with van der Waals surface area (Å²) in [7, 11) is -1.72. The van der Waals surface area contributed by atoms with Gasteiger partial charge in [-0.3, -0.25) is 13.8 Å². The van der Waals surface area contributed by atoms with Crippen molar-refractivity contribution in [3.8, 4) is 0 Å². The SMILES string of the molecule is CS(=O)c1cc(NC(=O)C2CC(F)C(Cl)S2)cn(CC(F)F)c1=O. The zero-order chi connectivity index (χ0) is 18.0. The van der Waals surface area contributed by atoms with Crippen molar-refractivity contribution in [2.75, 3.05) is 11.6 Å². The Morgan fingerprint density at radius 2 is 2.25 bits per heavy atom. The zero-order valence-electron chi connectivity index (χ0n) is 12.4. The van der Waals surface area contributed by atoms with Crippen LogP contribution < -0.4 is 10.9 Å². The fourth-order valence-corrected chi connectivity index (χ4v) is 4.37. The minimum Gasteiger partial charge on any atom is -0.324 e. The molecule has 24 heavy (non-hydrogen) atoms. The zero-order valence-corrected chi connectivity index (χ0v) is 14.8. The predicted molar refractivity (Wildman–Crippen MR) is 88.2 cm³/mol. The second-order valence-electron chi connectivity index (χ2n) is 5.11. The summed E-state index contributed by atoms with van der Waals surface area (Å²) in [6, 6.07) is 1.17. The van der Waals surface area contributed by atoms with Crippen LogP contribution in [0, 0.1) is 0 Å². The Morgan fingerprint density at radius 1 is 1.58 bits per heavy atom. The van der Waals surface area contributed by atoms with E-state index in [-0.39, 0.29) is 17.0 Å². The maximum atomic E-state index is 13.4. The van der Waals surface area contributed by atoms with Crippen molar-refractivity contribution in [3.05, 3.63) is 22.6 Å². The lowest BCUT2D eigenvalue weighted by atomic mass is 10.2. The molecule has 2 rings (SSSR count). The summed E-state index contributed by atoms with van der Waals surface area (Å²) in [5.41, 5.74) is -0.770. The Hall–Kier alpha value is -1.00. The molecule has 1 N–H and O–H groups in total. The Kier molecular flexibility index (Phi) is 6.38. The topological polar surface area (TPSA) is 68.2 Å². The molecule has 0 spiro atoms. The third-order valence-corrected chi connectivity index (χ3v) is 6.06. The molecule has 1 fully saturated rings. The minimum absolute atomic E-state index is 0.0412. The number of hydrogen-bond donors (Lipinski definition) is 1. The van der Waals surface area contributed by atoms with Crippen molar-refractivity contribution >= 4 is 45.8 Å². The van der Waals surface area contributed by atoms with E-state index in [9.17, 15) is 27.0 Å². The molecule has 4 unspecified atom stereocenters. The van der Waals surface area contributed by atoms with Crippen molar-refractivity contribution < 1.29 is 22.2 Å². The van der Waals surface area contributed by atoms with Crippen LogP contribution in [0.25, 0.3) is 0 Å². The lowest BCUT2D eigenvalue weighted by molar-refractivity contribution is -0.115. The van der Waals surface area contributed by atoms with Gasteiger partial charge in [-0.15, -0.1) is 23.4 Å². The Bertz CT molecular complexity index is 706. The number of carbonyl (C=O) groups excluding carboxylic acids is 1.